The second-order valence-corrected chi connectivity index (χ2v) is 5.23. The molecule has 3 N–H and O–H groups in total. The van der Waals surface area contributed by atoms with Gasteiger partial charge < -0.3 is 20.1 Å². The largest absolute Gasteiger partial charge is 0.480 e. The third-order valence-corrected chi connectivity index (χ3v) is 3.27. The Morgan fingerprint density at radius 3 is 2.00 bits per heavy atom. The lowest BCUT2D eigenvalue weighted by molar-refractivity contribution is -0.150. The van der Waals surface area contributed by atoms with Crippen molar-refractivity contribution in [1.29, 1.82) is 0 Å². The number of nitrogens with zero attached hydrogens (tertiary/aromatic N) is 1. The van der Waals surface area contributed by atoms with Gasteiger partial charge in [-0.05, 0) is 12.0 Å². The van der Waals surface area contributed by atoms with Crippen molar-refractivity contribution in [3.63, 3.8) is 0 Å². The number of ether oxygens (including phenoxy) is 1. The molecule has 0 aliphatic heterocycles. The molecular weight excluding hydrogens is 334 g/mol. The van der Waals surface area contributed by atoms with Crippen molar-refractivity contribution < 1.29 is 39.2 Å². The van der Waals surface area contributed by atoms with E-state index in [0.29, 0.717) is 0 Å². The van der Waals surface area contributed by atoms with Crippen molar-refractivity contribution >= 4 is 23.9 Å². The first-order chi connectivity index (χ1) is 11.8. The van der Waals surface area contributed by atoms with Crippen LogP contribution in [0.5, 0.6) is 0 Å². The molecule has 0 unspecified atom stereocenters. The van der Waals surface area contributed by atoms with Crippen molar-refractivity contribution in [2.45, 2.75) is 25.5 Å². The van der Waals surface area contributed by atoms with E-state index in [2.05, 4.69) is 0 Å². The molecule has 1 atom stereocenters. The number of benzene rings is 1. The molecule has 9 heteroatoms. The van der Waals surface area contributed by atoms with Crippen molar-refractivity contribution in [2.24, 2.45) is 0 Å². The van der Waals surface area contributed by atoms with Crippen LogP contribution < -0.4 is 0 Å². The number of carboxylic acid groups (broad SMARTS) is 3. The van der Waals surface area contributed by atoms with Gasteiger partial charge in [0.25, 0.3) is 0 Å². The summed E-state index contributed by atoms with van der Waals surface area (Å²) in [6.07, 6.45) is -0.539. The Morgan fingerprint density at radius 2 is 1.52 bits per heavy atom. The average Bonchev–Trinajstić information content (AvgIpc) is 2.52. The van der Waals surface area contributed by atoms with Gasteiger partial charge in [-0.1, -0.05) is 30.3 Å². The minimum absolute atomic E-state index is 0.0331. The zero-order valence-corrected chi connectivity index (χ0v) is 13.3. The van der Waals surface area contributed by atoms with Crippen molar-refractivity contribution in [1.82, 2.24) is 4.90 Å². The number of rotatable bonds is 11. The Labute approximate surface area is 143 Å². The summed E-state index contributed by atoms with van der Waals surface area (Å²) in [6, 6.07) is 7.46. The van der Waals surface area contributed by atoms with Crippen LogP contribution in [-0.4, -0.2) is 63.2 Å². The van der Waals surface area contributed by atoms with Crippen LogP contribution in [0.1, 0.15) is 18.4 Å². The highest BCUT2D eigenvalue weighted by molar-refractivity contribution is 5.79. The van der Waals surface area contributed by atoms with Crippen LogP contribution >= 0.6 is 0 Å². The van der Waals surface area contributed by atoms with Gasteiger partial charge in [0, 0.05) is 6.42 Å². The molecule has 136 valence electrons. The third kappa shape index (κ3) is 7.93. The molecule has 0 heterocycles. The van der Waals surface area contributed by atoms with Gasteiger partial charge >= 0.3 is 23.9 Å². The summed E-state index contributed by atoms with van der Waals surface area (Å²) in [5.41, 5.74) is 0.768. The molecule has 0 fully saturated rings. The molecule has 0 amide bonds. The van der Waals surface area contributed by atoms with E-state index in [4.69, 9.17) is 14.9 Å². The average molecular weight is 353 g/mol. The first-order valence-electron chi connectivity index (χ1n) is 7.39. The van der Waals surface area contributed by atoms with E-state index in [0.717, 1.165) is 10.5 Å². The molecule has 0 aliphatic carbocycles. The molecule has 25 heavy (non-hydrogen) atoms. The maximum atomic E-state index is 11.7. The molecule has 9 nitrogen and oxygen atoms in total. The molecule has 0 aromatic heterocycles. The van der Waals surface area contributed by atoms with Gasteiger partial charge in [0.1, 0.15) is 12.6 Å². The third-order valence-electron chi connectivity index (χ3n) is 3.27. The smallest absolute Gasteiger partial charge is 0.320 e. The van der Waals surface area contributed by atoms with Gasteiger partial charge in [0.05, 0.1) is 13.1 Å². The van der Waals surface area contributed by atoms with Gasteiger partial charge in [0.2, 0.25) is 0 Å². The van der Waals surface area contributed by atoms with Crippen molar-refractivity contribution in [3.8, 4) is 0 Å². The molecule has 0 saturated carbocycles. The fourth-order valence-corrected chi connectivity index (χ4v) is 2.15. The first-order valence-corrected chi connectivity index (χ1v) is 7.39. The maximum absolute atomic E-state index is 11.7. The second-order valence-electron chi connectivity index (χ2n) is 5.23. The molecule has 1 rings (SSSR count). The fraction of sp³-hybridized carbons (Fsp3) is 0.375. The molecular formula is C16H19NO8. The Morgan fingerprint density at radius 1 is 0.960 bits per heavy atom. The van der Waals surface area contributed by atoms with Crippen LogP contribution in [0.4, 0.5) is 0 Å². The van der Waals surface area contributed by atoms with Gasteiger partial charge in [-0.15, -0.1) is 0 Å². The molecule has 0 saturated heterocycles. The van der Waals surface area contributed by atoms with Crippen molar-refractivity contribution in [3.05, 3.63) is 35.9 Å². The lowest BCUT2D eigenvalue weighted by Gasteiger charge is -2.25. The number of esters is 1. The highest BCUT2D eigenvalue weighted by Crippen LogP contribution is 2.10. The second kappa shape index (κ2) is 10.0. The van der Waals surface area contributed by atoms with E-state index < -0.39 is 43.0 Å². The molecule has 0 aliphatic rings. The Hall–Kier alpha value is -2.94. The summed E-state index contributed by atoms with van der Waals surface area (Å²) >= 11 is 0. The van der Waals surface area contributed by atoms with E-state index in [1.54, 1.807) is 24.3 Å². The maximum Gasteiger partial charge on any atom is 0.320 e. The van der Waals surface area contributed by atoms with Crippen molar-refractivity contribution in [2.75, 3.05) is 13.1 Å². The Bertz CT molecular complexity index is 600. The molecule has 0 spiro atoms. The SMILES string of the molecule is O=C(O)CN(CC(=O)O)[C@@H](CCC(=O)OCc1ccccc1)C(=O)O. The highest BCUT2D eigenvalue weighted by Gasteiger charge is 2.29. The Balaban J connectivity index is 2.60. The number of aliphatic carboxylic acids is 3. The molecule has 0 bridgehead atoms. The normalized spacial score (nSPS) is 11.7. The van der Waals surface area contributed by atoms with Crippen LogP contribution in [-0.2, 0) is 30.5 Å². The van der Waals surface area contributed by atoms with E-state index in [-0.39, 0.29) is 19.4 Å². The molecule has 0 radical (unpaired) electrons. The topological polar surface area (TPSA) is 141 Å². The van der Waals surface area contributed by atoms with Gasteiger partial charge in [-0.2, -0.15) is 0 Å². The fourth-order valence-electron chi connectivity index (χ4n) is 2.15. The van der Waals surface area contributed by atoms with Crippen LogP contribution in [0.25, 0.3) is 0 Å². The monoisotopic (exact) mass is 353 g/mol. The van der Waals surface area contributed by atoms with Gasteiger partial charge in [0.15, 0.2) is 0 Å². The predicted octanol–water partition coefficient (Wildman–Crippen LogP) is 0.434. The minimum Gasteiger partial charge on any atom is -0.480 e. The van der Waals surface area contributed by atoms with Crippen LogP contribution in [0.15, 0.2) is 30.3 Å². The van der Waals surface area contributed by atoms with E-state index in [1.165, 1.54) is 0 Å². The van der Waals surface area contributed by atoms with Crippen LogP contribution in [0.3, 0.4) is 0 Å². The summed E-state index contributed by atoms with van der Waals surface area (Å²) in [5, 5.41) is 26.8. The standard InChI is InChI=1S/C16H19NO8/c18-13(19)8-17(9-14(20)21)12(16(23)24)6-7-15(22)25-10-11-4-2-1-3-5-11/h1-5,12H,6-10H2,(H,18,19)(H,20,21)(H,23,24)/t12-/m0/s1. The number of carbonyl (C=O) groups is 4. The number of hydrogen-bond acceptors (Lipinski definition) is 6. The summed E-state index contributed by atoms with van der Waals surface area (Å²) in [4.78, 5) is 45.4. The van der Waals surface area contributed by atoms with Gasteiger partial charge in [-0.25, -0.2) is 0 Å². The highest BCUT2D eigenvalue weighted by atomic mass is 16.5. The number of carboxylic acids is 3. The lowest BCUT2D eigenvalue weighted by Crippen LogP contribution is -2.46. The minimum atomic E-state index is -1.42. The first kappa shape index (κ1) is 20.1. The lowest BCUT2D eigenvalue weighted by atomic mass is 10.1. The van der Waals surface area contributed by atoms with E-state index >= 15 is 0 Å². The van der Waals surface area contributed by atoms with Gasteiger partial charge in [-0.3, -0.25) is 24.1 Å². The summed E-state index contributed by atoms with van der Waals surface area (Å²) in [5.74, 6) is -4.78. The number of carbonyl (C=O) groups excluding carboxylic acids is 1. The zero-order valence-electron chi connectivity index (χ0n) is 13.3. The zero-order chi connectivity index (χ0) is 18.8. The van der Waals surface area contributed by atoms with E-state index in [9.17, 15) is 24.3 Å². The summed E-state index contributed by atoms with van der Waals surface area (Å²) < 4.78 is 5.02. The Kier molecular flexibility index (Phi) is 8.07. The molecule has 1 aromatic carbocycles. The predicted molar refractivity (Wildman–Crippen MR) is 83.7 cm³/mol. The molecule has 1 aromatic rings. The summed E-state index contributed by atoms with van der Waals surface area (Å²) in [6.45, 7) is -1.49. The van der Waals surface area contributed by atoms with Crippen LogP contribution in [0.2, 0.25) is 0 Å². The van der Waals surface area contributed by atoms with E-state index in [1.807, 2.05) is 6.07 Å². The van der Waals surface area contributed by atoms with Crippen LogP contribution in [0, 0.1) is 0 Å². The summed E-state index contributed by atoms with van der Waals surface area (Å²) in [7, 11) is 0. The quantitative estimate of drug-likeness (QED) is 0.483. The number of hydrogen-bond donors (Lipinski definition) is 3.